The average molecular weight is 274 g/mol. The molecule has 1 aliphatic rings. The third-order valence-electron chi connectivity index (χ3n) is 3.40. The van der Waals surface area contributed by atoms with Crippen molar-refractivity contribution in [1.29, 1.82) is 0 Å². The zero-order valence-corrected chi connectivity index (χ0v) is 11.3. The minimum Gasteiger partial charge on any atom is -0.481 e. The van der Waals surface area contributed by atoms with E-state index in [1.807, 2.05) is 31.2 Å². The van der Waals surface area contributed by atoms with Crippen LogP contribution in [0.4, 0.5) is 10.8 Å². The number of nitrogens with zero attached hydrogens (tertiary/aromatic N) is 1. The average Bonchev–Trinajstić information content (AvgIpc) is 2.91. The summed E-state index contributed by atoms with van der Waals surface area (Å²) in [5, 5.41) is 13.2. The van der Waals surface area contributed by atoms with Gasteiger partial charge in [0.15, 0.2) is 5.13 Å². The van der Waals surface area contributed by atoms with Gasteiger partial charge in [0.05, 0.1) is 5.69 Å². The number of carbonyl (C=O) groups is 1. The first kappa shape index (κ1) is 12.2. The van der Waals surface area contributed by atoms with E-state index < -0.39 is 11.9 Å². The van der Waals surface area contributed by atoms with E-state index in [4.69, 9.17) is 5.11 Å². The van der Waals surface area contributed by atoms with Gasteiger partial charge in [-0.25, -0.2) is 4.98 Å². The molecule has 1 heterocycles. The number of carboxylic acid groups (broad SMARTS) is 1. The van der Waals surface area contributed by atoms with Crippen LogP contribution in [-0.4, -0.2) is 16.1 Å². The summed E-state index contributed by atoms with van der Waals surface area (Å²) in [7, 11) is 0. The van der Waals surface area contributed by atoms with Crippen molar-refractivity contribution in [3.8, 4) is 0 Å². The highest BCUT2D eigenvalue weighted by atomic mass is 32.1. The number of aliphatic carboxylic acids is 1. The quantitative estimate of drug-likeness (QED) is 0.901. The van der Waals surface area contributed by atoms with Crippen LogP contribution in [0.25, 0.3) is 0 Å². The lowest BCUT2D eigenvalue weighted by atomic mass is 10.1. The maximum atomic E-state index is 11.1. The lowest BCUT2D eigenvalue weighted by molar-refractivity contribution is -0.138. The van der Waals surface area contributed by atoms with Crippen molar-refractivity contribution in [2.45, 2.75) is 25.7 Å². The van der Waals surface area contributed by atoms with E-state index in [1.165, 1.54) is 0 Å². The predicted octanol–water partition coefficient (Wildman–Crippen LogP) is 3.31. The van der Waals surface area contributed by atoms with Crippen LogP contribution in [0.15, 0.2) is 24.3 Å². The van der Waals surface area contributed by atoms with Crippen LogP contribution in [0.1, 0.15) is 28.5 Å². The Bertz CT molecular complexity index is 636. The van der Waals surface area contributed by atoms with Gasteiger partial charge < -0.3 is 10.4 Å². The monoisotopic (exact) mass is 274 g/mol. The Morgan fingerprint density at radius 2 is 2.26 bits per heavy atom. The van der Waals surface area contributed by atoms with Crippen molar-refractivity contribution in [3.63, 3.8) is 0 Å². The van der Waals surface area contributed by atoms with Crippen LogP contribution in [0.3, 0.4) is 0 Å². The molecule has 0 bridgehead atoms. The van der Waals surface area contributed by atoms with Gasteiger partial charge in [-0.3, -0.25) is 4.79 Å². The summed E-state index contributed by atoms with van der Waals surface area (Å²) >= 11 is 1.56. The third-order valence-corrected chi connectivity index (χ3v) is 4.45. The molecule has 1 aromatic carbocycles. The van der Waals surface area contributed by atoms with Crippen LogP contribution in [0, 0.1) is 6.92 Å². The fraction of sp³-hybridized carbons (Fsp3) is 0.286. The highest BCUT2D eigenvalue weighted by Crippen LogP contribution is 2.39. The molecule has 3 rings (SSSR count). The summed E-state index contributed by atoms with van der Waals surface area (Å²) in [6.45, 7) is 2.03. The fourth-order valence-corrected chi connectivity index (χ4v) is 3.40. The zero-order valence-electron chi connectivity index (χ0n) is 10.5. The van der Waals surface area contributed by atoms with E-state index in [2.05, 4.69) is 10.3 Å². The molecule has 0 amide bonds. The van der Waals surface area contributed by atoms with E-state index in [1.54, 1.807) is 11.3 Å². The van der Waals surface area contributed by atoms with Crippen LogP contribution >= 0.6 is 11.3 Å². The third kappa shape index (κ3) is 2.21. The molecular weight excluding hydrogens is 260 g/mol. The lowest BCUT2D eigenvalue weighted by Gasteiger charge is -2.06. The smallest absolute Gasteiger partial charge is 0.312 e. The Balaban J connectivity index is 1.87. The number of fused-ring (bicyclic) bond motifs is 1. The Labute approximate surface area is 115 Å². The molecular formula is C14H14N2O2S. The Hall–Kier alpha value is -1.88. The zero-order chi connectivity index (χ0) is 13.4. The second-order valence-electron chi connectivity index (χ2n) is 4.70. The normalized spacial score (nSPS) is 17.2. The Kier molecular flexibility index (Phi) is 2.98. The molecule has 5 heteroatoms. The Morgan fingerprint density at radius 1 is 1.47 bits per heavy atom. The molecule has 4 nitrogen and oxygen atoms in total. The van der Waals surface area contributed by atoms with E-state index >= 15 is 0 Å². The number of rotatable bonds is 3. The van der Waals surface area contributed by atoms with Crippen molar-refractivity contribution in [1.82, 2.24) is 4.98 Å². The van der Waals surface area contributed by atoms with E-state index in [0.29, 0.717) is 6.42 Å². The standard InChI is InChI=1S/C14H14N2O2S/c1-8-4-2-3-5-10(8)15-14-16-12-9(13(17)18)6-7-11(12)19-14/h2-5,9H,6-7H2,1H3,(H,15,16)(H,17,18). The van der Waals surface area contributed by atoms with Gasteiger partial charge in [-0.15, -0.1) is 11.3 Å². The molecule has 1 unspecified atom stereocenters. The summed E-state index contributed by atoms with van der Waals surface area (Å²) in [5.74, 6) is -1.20. The van der Waals surface area contributed by atoms with Crippen molar-refractivity contribution in [2.75, 3.05) is 5.32 Å². The van der Waals surface area contributed by atoms with Crippen molar-refractivity contribution < 1.29 is 9.90 Å². The molecule has 0 saturated heterocycles. The van der Waals surface area contributed by atoms with Crippen molar-refractivity contribution in [2.24, 2.45) is 0 Å². The van der Waals surface area contributed by atoms with Crippen LogP contribution < -0.4 is 5.32 Å². The van der Waals surface area contributed by atoms with Crippen molar-refractivity contribution in [3.05, 3.63) is 40.4 Å². The number of hydrogen-bond donors (Lipinski definition) is 2. The second-order valence-corrected chi connectivity index (χ2v) is 5.78. The van der Waals surface area contributed by atoms with Gasteiger partial charge in [0.25, 0.3) is 0 Å². The van der Waals surface area contributed by atoms with Crippen molar-refractivity contribution >= 4 is 28.1 Å². The molecule has 0 radical (unpaired) electrons. The van der Waals surface area contributed by atoms with Gasteiger partial charge in [-0.05, 0) is 31.4 Å². The number of benzene rings is 1. The molecule has 98 valence electrons. The van der Waals surface area contributed by atoms with Gasteiger partial charge in [0.1, 0.15) is 5.92 Å². The summed E-state index contributed by atoms with van der Waals surface area (Å²) in [5.41, 5.74) is 2.91. The molecule has 0 spiro atoms. The maximum absolute atomic E-state index is 11.1. The number of aryl methyl sites for hydroxylation is 2. The van der Waals surface area contributed by atoms with Crippen LogP contribution in [0.5, 0.6) is 0 Å². The first-order chi connectivity index (χ1) is 9.15. The molecule has 1 atom stereocenters. The molecule has 1 aromatic heterocycles. The highest BCUT2D eigenvalue weighted by molar-refractivity contribution is 7.15. The summed E-state index contributed by atoms with van der Waals surface area (Å²) in [4.78, 5) is 16.7. The summed E-state index contributed by atoms with van der Waals surface area (Å²) in [6.07, 6.45) is 1.49. The number of para-hydroxylation sites is 1. The largest absolute Gasteiger partial charge is 0.481 e. The number of carboxylic acids is 1. The number of aromatic nitrogens is 1. The molecule has 19 heavy (non-hydrogen) atoms. The molecule has 2 N–H and O–H groups in total. The maximum Gasteiger partial charge on any atom is 0.312 e. The van der Waals surface area contributed by atoms with Crippen LogP contribution in [0.2, 0.25) is 0 Å². The first-order valence-electron chi connectivity index (χ1n) is 6.20. The second kappa shape index (κ2) is 4.66. The fourth-order valence-electron chi connectivity index (χ4n) is 2.35. The minimum absolute atomic E-state index is 0.432. The molecule has 2 aromatic rings. The van der Waals surface area contributed by atoms with E-state index in [0.717, 1.165) is 33.4 Å². The van der Waals surface area contributed by atoms with E-state index in [-0.39, 0.29) is 0 Å². The summed E-state index contributed by atoms with van der Waals surface area (Å²) in [6, 6.07) is 7.99. The van der Waals surface area contributed by atoms with Gasteiger partial charge in [0, 0.05) is 10.6 Å². The minimum atomic E-state index is -0.772. The molecule has 1 aliphatic carbocycles. The highest BCUT2D eigenvalue weighted by Gasteiger charge is 2.32. The van der Waals surface area contributed by atoms with Crippen LogP contribution in [-0.2, 0) is 11.2 Å². The van der Waals surface area contributed by atoms with Gasteiger partial charge in [-0.2, -0.15) is 0 Å². The van der Waals surface area contributed by atoms with Gasteiger partial charge in [-0.1, -0.05) is 18.2 Å². The van der Waals surface area contributed by atoms with E-state index in [9.17, 15) is 4.79 Å². The predicted molar refractivity (Wildman–Crippen MR) is 75.3 cm³/mol. The Morgan fingerprint density at radius 3 is 3.00 bits per heavy atom. The number of thiazole rings is 1. The van der Waals surface area contributed by atoms with Gasteiger partial charge >= 0.3 is 5.97 Å². The summed E-state index contributed by atoms with van der Waals surface area (Å²) < 4.78 is 0. The number of hydrogen-bond acceptors (Lipinski definition) is 4. The van der Waals surface area contributed by atoms with Gasteiger partial charge in [0.2, 0.25) is 0 Å². The SMILES string of the molecule is Cc1ccccc1Nc1nc2c(s1)CCC2C(=O)O. The first-order valence-corrected chi connectivity index (χ1v) is 7.02. The lowest BCUT2D eigenvalue weighted by Crippen LogP contribution is -2.08. The number of nitrogens with one attached hydrogen (secondary N) is 1. The number of anilines is 2. The molecule has 0 fully saturated rings. The molecule has 0 saturated carbocycles. The molecule has 0 aliphatic heterocycles. The topological polar surface area (TPSA) is 62.2 Å².